The number of benzene rings is 1. The van der Waals surface area contributed by atoms with Gasteiger partial charge in [-0.15, -0.1) is 11.3 Å². The molecule has 0 spiro atoms. The Balaban J connectivity index is 1.99. The fourth-order valence-corrected chi connectivity index (χ4v) is 4.07. The molecule has 0 unspecified atom stereocenters. The maximum absolute atomic E-state index is 12.3. The minimum atomic E-state index is -0.577. The van der Waals surface area contributed by atoms with Crippen molar-refractivity contribution in [3.63, 3.8) is 0 Å². The van der Waals surface area contributed by atoms with Crippen LogP contribution in [0.25, 0.3) is 11.1 Å². The quantitative estimate of drug-likeness (QED) is 0.807. The number of methoxy groups -OCH3 is 1. The minimum absolute atomic E-state index is 0.266. The molecule has 1 aliphatic carbocycles. The van der Waals surface area contributed by atoms with Gasteiger partial charge in [-0.1, -0.05) is 18.2 Å². The summed E-state index contributed by atoms with van der Waals surface area (Å²) in [5.41, 5.74) is 4.84. The summed E-state index contributed by atoms with van der Waals surface area (Å²) in [6, 6.07) is 6.32. The summed E-state index contributed by atoms with van der Waals surface area (Å²) in [7, 11) is 1.34. The topological polar surface area (TPSA) is 64.6 Å². The Hall–Kier alpha value is -2.34. The van der Waals surface area contributed by atoms with Gasteiger partial charge in [0.2, 0.25) is 0 Å². The van der Waals surface area contributed by atoms with Crippen molar-refractivity contribution in [2.45, 2.75) is 32.6 Å². The van der Waals surface area contributed by atoms with Crippen LogP contribution in [-0.2, 0) is 22.3 Å². The molecule has 1 aromatic heterocycles. The van der Waals surface area contributed by atoms with Gasteiger partial charge in [-0.3, -0.25) is 5.32 Å². The van der Waals surface area contributed by atoms with E-state index in [0.717, 1.165) is 24.0 Å². The predicted octanol–water partition coefficient (Wildman–Crippen LogP) is 4.65. The van der Waals surface area contributed by atoms with E-state index in [1.807, 2.05) is 11.4 Å². The number of amides is 1. The molecule has 2 aromatic rings. The summed E-state index contributed by atoms with van der Waals surface area (Å²) in [6.45, 7) is 2.00. The average Bonchev–Trinajstić information content (AvgIpc) is 3.04. The largest absolute Gasteiger partial charge is 0.465 e. The Morgan fingerprint density at radius 1 is 1.20 bits per heavy atom. The summed E-state index contributed by atoms with van der Waals surface area (Å²) < 4.78 is 9.84. The Kier molecular flexibility index (Phi) is 5.38. The van der Waals surface area contributed by atoms with E-state index in [4.69, 9.17) is 9.47 Å². The maximum Gasteiger partial charge on any atom is 0.412 e. The molecule has 132 valence electrons. The van der Waals surface area contributed by atoms with Crippen molar-refractivity contribution in [2.24, 2.45) is 0 Å². The maximum atomic E-state index is 12.3. The minimum Gasteiger partial charge on any atom is -0.465 e. The van der Waals surface area contributed by atoms with Crippen molar-refractivity contribution < 1.29 is 19.1 Å². The lowest BCUT2D eigenvalue weighted by Crippen LogP contribution is -2.15. The molecule has 1 aromatic carbocycles. The number of esters is 1. The van der Waals surface area contributed by atoms with Gasteiger partial charge in [-0.2, -0.15) is 0 Å². The van der Waals surface area contributed by atoms with Crippen LogP contribution in [0.15, 0.2) is 23.6 Å². The zero-order chi connectivity index (χ0) is 17.8. The van der Waals surface area contributed by atoms with Gasteiger partial charge in [0.05, 0.1) is 13.7 Å². The van der Waals surface area contributed by atoms with Gasteiger partial charge < -0.3 is 9.47 Å². The molecule has 0 saturated carbocycles. The second-order valence-electron chi connectivity index (χ2n) is 5.88. The summed E-state index contributed by atoms with van der Waals surface area (Å²) in [6.07, 6.45) is 4.02. The normalized spacial score (nSPS) is 13.0. The second-order valence-corrected chi connectivity index (χ2v) is 6.76. The number of hydrogen-bond acceptors (Lipinski definition) is 5. The highest BCUT2D eigenvalue weighted by Crippen LogP contribution is 2.37. The highest BCUT2D eigenvalue weighted by molar-refractivity contribution is 7.15. The number of rotatable bonds is 4. The van der Waals surface area contributed by atoms with Gasteiger partial charge in [0.25, 0.3) is 0 Å². The Bertz CT molecular complexity index is 797. The molecule has 1 N–H and O–H groups in total. The first-order valence-corrected chi connectivity index (χ1v) is 9.27. The van der Waals surface area contributed by atoms with Gasteiger partial charge >= 0.3 is 12.1 Å². The van der Waals surface area contributed by atoms with Crippen molar-refractivity contribution in [1.29, 1.82) is 0 Å². The third-order valence-corrected chi connectivity index (χ3v) is 5.23. The number of thiophene rings is 1. The highest BCUT2D eigenvalue weighted by Gasteiger charge is 2.23. The van der Waals surface area contributed by atoms with Crippen molar-refractivity contribution in [3.05, 3.63) is 40.3 Å². The van der Waals surface area contributed by atoms with E-state index in [9.17, 15) is 9.59 Å². The van der Waals surface area contributed by atoms with E-state index in [2.05, 4.69) is 17.4 Å². The van der Waals surface area contributed by atoms with Crippen LogP contribution in [0.1, 0.15) is 41.3 Å². The first-order valence-electron chi connectivity index (χ1n) is 8.39. The zero-order valence-corrected chi connectivity index (χ0v) is 15.2. The van der Waals surface area contributed by atoms with E-state index in [0.29, 0.717) is 10.6 Å². The molecular formula is C19H21NO4S. The predicted molar refractivity (Wildman–Crippen MR) is 98.4 cm³/mol. The van der Waals surface area contributed by atoms with Gasteiger partial charge in [0, 0.05) is 10.9 Å². The van der Waals surface area contributed by atoms with Crippen LogP contribution in [0.2, 0.25) is 0 Å². The van der Waals surface area contributed by atoms with Gasteiger partial charge in [-0.05, 0) is 49.3 Å². The average molecular weight is 359 g/mol. The summed E-state index contributed by atoms with van der Waals surface area (Å²) in [4.78, 5) is 24.0. The summed E-state index contributed by atoms with van der Waals surface area (Å²) in [5.74, 6) is -0.472. The van der Waals surface area contributed by atoms with E-state index in [1.54, 1.807) is 6.92 Å². The first-order chi connectivity index (χ1) is 12.1. The molecule has 0 radical (unpaired) electrons. The molecule has 6 heteroatoms. The van der Waals surface area contributed by atoms with Crippen LogP contribution in [-0.4, -0.2) is 25.8 Å². The van der Waals surface area contributed by atoms with Crippen molar-refractivity contribution in [2.75, 3.05) is 19.0 Å². The molecule has 25 heavy (non-hydrogen) atoms. The standard InChI is InChI=1S/C19H21NO4S/c1-3-24-19(22)20-17-16(18(21)23-2)15(11-25-17)14-9-8-12-6-4-5-7-13(12)10-14/h8-11H,3-7H2,1-2H3,(H,20,22). The monoisotopic (exact) mass is 359 g/mol. The molecule has 3 rings (SSSR count). The van der Waals surface area contributed by atoms with Crippen molar-refractivity contribution in [3.8, 4) is 11.1 Å². The van der Waals surface area contributed by atoms with Gasteiger partial charge in [0.1, 0.15) is 10.6 Å². The van der Waals surface area contributed by atoms with Crippen LogP contribution < -0.4 is 5.32 Å². The van der Waals surface area contributed by atoms with Crippen LogP contribution >= 0.6 is 11.3 Å². The summed E-state index contributed by atoms with van der Waals surface area (Å²) in [5, 5.41) is 4.95. The number of ether oxygens (including phenoxy) is 2. The molecule has 0 aliphatic heterocycles. The number of aryl methyl sites for hydroxylation is 2. The van der Waals surface area contributed by atoms with Crippen LogP contribution in [0.3, 0.4) is 0 Å². The SMILES string of the molecule is CCOC(=O)Nc1scc(-c2ccc3c(c2)CCCC3)c1C(=O)OC. The van der Waals surface area contributed by atoms with Crippen molar-refractivity contribution >= 4 is 28.4 Å². The third kappa shape index (κ3) is 3.69. The molecule has 0 atom stereocenters. The van der Waals surface area contributed by atoms with E-state index >= 15 is 0 Å². The van der Waals surface area contributed by atoms with Crippen LogP contribution in [0.4, 0.5) is 9.80 Å². The zero-order valence-electron chi connectivity index (χ0n) is 14.4. The molecule has 0 saturated heterocycles. The molecule has 0 fully saturated rings. The van der Waals surface area contributed by atoms with E-state index in [1.165, 1.54) is 42.4 Å². The van der Waals surface area contributed by atoms with Crippen LogP contribution in [0.5, 0.6) is 0 Å². The smallest absolute Gasteiger partial charge is 0.412 e. The molecule has 1 aliphatic rings. The van der Waals surface area contributed by atoms with Crippen molar-refractivity contribution in [1.82, 2.24) is 0 Å². The number of carbonyl (C=O) groups is 2. The Labute approximate surface area is 151 Å². The molecule has 1 amide bonds. The fourth-order valence-electron chi connectivity index (χ4n) is 3.13. The molecule has 1 heterocycles. The lowest BCUT2D eigenvalue weighted by Gasteiger charge is -2.16. The summed E-state index contributed by atoms with van der Waals surface area (Å²) >= 11 is 1.29. The van der Waals surface area contributed by atoms with Gasteiger partial charge in [-0.25, -0.2) is 9.59 Å². The highest BCUT2D eigenvalue weighted by atomic mass is 32.1. The molecule has 0 bridgehead atoms. The lowest BCUT2D eigenvalue weighted by molar-refractivity contribution is 0.0603. The van der Waals surface area contributed by atoms with Crippen LogP contribution in [0, 0.1) is 0 Å². The fraction of sp³-hybridized carbons (Fsp3) is 0.368. The van der Waals surface area contributed by atoms with E-state index < -0.39 is 12.1 Å². The molecule has 5 nitrogen and oxygen atoms in total. The number of nitrogens with one attached hydrogen (secondary N) is 1. The van der Waals surface area contributed by atoms with Gasteiger partial charge in [0.15, 0.2) is 0 Å². The first kappa shape index (κ1) is 17.5. The number of hydrogen-bond donors (Lipinski definition) is 1. The molecular weight excluding hydrogens is 338 g/mol. The lowest BCUT2D eigenvalue weighted by atomic mass is 9.89. The number of carbonyl (C=O) groups excluding carboxylic acids is 2. The second kappa shape index (κ2) is 7.70. The third-order valence-electron chi connectivity index (χ3n) is 4.33. The number of fused-ring (bicyclic) bond motifs is 1. The number of anilines is 1. The van der Waals surface area contributed by atoms with E-state index in [-0.39, 0.29) is 6.61 Å². The Morgan fingerprint density at radius 3 is 2.68 bits per heavy atom. The Morgan fingerprint density at radius 2 is 1.96 bits per heavy atom.